The highest BCUT2D eigenvalue weighted by Gasteiger charge is 2.56. The molecule has 2 fully saturated rings. The fourth-order valence-electron chi connectivity index (χ4n) is 4.57. The molecule has 3 heterocycles. The monoisotopic (exact) mass is 474 g/mol. The minimum absolute atomic E-state index is 0.243. The van der Waals surface area contributed by atoms with Gasteiger partial charge < -0.3 is 28.4 Å². The molecule has 0 spiro atoms. The number of halogens is 1. The van der Waals surface area contributed by atoms with Gasteiger partial charge in [0, 0.05) is 38.6 Å². The van der Waals surface area contributed by atoms with Crippen LogP contribution in [0.2, 0.25) is 0 Å². The van der Waals surface area contributed by atoms with Gasteiger partial charge in [-0.3, -0.25) is 19.2 Å². The summed E-state index contributed by atoms with van der Waals surface area (Å²) in [6.07, 6.45) is -4.23. The van der Waals surface area contributed by atoms with Crippen molar-refractivity contribution in [1.29, 1.82) is 0 Å². The summed E-state index contributed by atoms with van der Waals surface area (Å²) >= 11 is 6.20. The second-order valence-electron chi connectivity index (χ2n) is 8.15. The van der Waals surface area contributed by atoms with Crippen molar-refractivity contribution < 1.29 is 47.6 Å². The van der Waals surface area contributed by atoms with Crippen molar-refractivity contribution >= 4 is 35.5 Å². The summed E-state index contributed by atoms with van der Waals surface area (Å²) in [5, 5.41) is 0.458. The lowest BCUT2D eigenvalue weighted by Gasteiger charge is -2.45. The normalized spacial score (nSPS) is 37.9. The van der Waals surface area contributed by atoms with Gasteiger partial charge in [0.1, 0.15) is 12.2 Å². The molecule has 3 aliphatic rings. The lowest BCUT2D eigenvalue weighted by atomic mass is 9.82. The Hall–Kier alpha value is -2.17. The molecule has 0 N–H and O–H groups in total. The van der Waals surface area contributed by atoms with E-state index in [2.05, 4.69) is 0 Å². The van der Waals surface area contributed by atoms with Gasteiger partial charge >= 0.3 is 23.9 Å². The minimum atomic E-state index is -1.08. The van der Waals surface area contributed by atoms with Gasteiger partial charge in [0.25, 0.3) is 0 Å². The van der Waals surface area contributed by atoms with Crippen molar-refractivity contribution in [2.24, 2.45) is 5.92 Å². The van der Waals surface area contributed by atoms with Crippen molar-refractivity contribution in [3.05, 3.63) is 11.1 Å². The maximum Gasteiger partial charge on any atom is 0.303 e. The summed E-state index contributed by atoms with van der Waals surface area (Å²) in [7, 11) is 0. The molecule has 3 rings (SSSR count). The number of carbonyl (C=O) groups excluding carboxylic acids is 4. The predicted octanol–water partition coefficient (Wildman–Crippen LogP) is 1.41. The Morgan fingerprint density at radius 1 is 0.812 bits per heavy atom. The Kier molecular flexibility index (Phi) is 7.46. The van der Waals surface area contributed by atoms with Gasteiger partial charge in [0.05, 0.1) is 18.3 Å². The predicted molar refractivity (Wildman–Crippen MR) is 107 cm³/mol. The summed E-state index contributed by atoms with van der Waals surface area (Å²) in [6, 6.07) is 0. The van der Waals surface area contributed by atoms with Gasteiger partial charge in [0.15, 0.2) is 18.3 Å². The fraction of sp³-hybridized carbons (Fsp3) is 0.714. The van der Waals surface area contributed by atoms with E-state index < -0.39 is 72.7 Å². The molecular weight excluding hydrogens is 448 g/mol. The molecule has 0 aromatic rings. The van der Waals surface area contributed by atoms with Crippen LogP contribution in [0.3, 0.4) is 0 Å². The molecule has 0 amide bonds. The highest BCUT2D eigenvalue weighted by atomic mass is 35.5. The first kappa shape index (κ1) is 24.5. The Balaban J connectivity index is 1.89. The highest BCUT2D eigenvalue weighted by Crippen LogP contribution is 2.45. The molecule has 0 aromatic heterocycles. The van der Waals surface area contributed by atoms with E-state index in [1.165, 1.54) is 27.7 Å². The van der Waals surface area contributed by atoms with E-state index in [4.69, 9.17) is 40.0 Å². The quantitative estimate of drug-likeness (QED) is 0.412. The maximum atomic E-state index is 11.9. The summed E-state index contributed by atoms with van der Waals surface area (Å²) in [6.45, 7) is 6.60. The average Bonchev–Trinajstić information content (AvgIpc) is 3.17. The van der Waals surface area contributed by atoms with Crippen LogP contribution in [0.4, 0.5) is 0 Å². The molecule has 2 saturated heterocycles. The first-order chi connectivity index (χ1) is 15.0. The Labute approximate surface area is 190 Å². The molecule has 9 atom stereocenters. The summed E-state index contributed by atoms with van der Waals surface area (Å²) in [5.41, 5.74) is 0. The standard InChI is InChI=1S/C21H27ClO10/c1-8-17(28-9(2)23)21(31-12(5)26)20(30-11(4)25)16(27-8)6-13-15-7-14(22)19(32-15)18(13)29-10(3)24/h7-8,13,15-21H,6H2,1-5H3/t8-,13+,15-,16-,17+,18+,19+,20+,21+/m0/s1. The topological polar surface area (TPSA) is 124 Å². The Bertz CT molecular complexity index is 810. The van der Waals surface area contributed by atoms with Gasteiger partial charge in [-0.05, 0) is 19.4 Å². The molecule has 10 nitrogen and oxygen atoms in total. The smallest absolute Gasteiger partial charge is 0.303 e. The van der Waals surface area contributed by atoms with Crippen molar-refractivity contribution in [3.8, 4) is 0 Å². The van der Waals surface area contributed by atoms with Crippen molar-refractivity contribution in [3.63, 3.8) is 0 Å². The van der Waals surface area contributed by atoms with Crippen molar-refractivity contribution in [1.82, 2.24) is 0 Å². The molecular formula is C21H27ClO10. The molecule has 3 aliphatic heterocycles. The van der Waals surface area contributed by atoms with Gasteiger partial charge in [-0.1, -0.05) is 11.6 Å². The van der Waals surface area contributed by atoms with Crippen LogP contribution in [0, 0.1) is 5.92 Å². The third-order valence-corrected chi connectivity index (χ3v) is 5.96. The molecule has 2 bridgehead atoms. The molecule has 0 radical (unpaired) electrons. The Morgan fingerprint density at radius 2 is 1.31 bits per heavy atom. The SMILES string of the molecule is CC(=O)O[C@@H]1[C@H](OC(C)=O)[C@H](C)O[C@@H](C[C@H]2[C@@H](OC(C)=O)[C@@H]3O[C@H]2C=C3Cl)[C@H]1OC(C)=O. The zero-order chi connectivity index (χ0) is 23.7. The van der Waals surface area contributed by atoms with Gasteiger partial charge in [-0.25, -0.2) is 0 Å². The third kappa shape index (κ3) is 5.24. The largest absolute Gasteiger partial charge is 0.459 e. The average molecular weight is 475 g/mol. The van der Waals surface area contributed by atoms with Crippen LogP contribution in [0.5, 0.6) is 0 Å². The third-order valence-electron chi connectivity index (χ3n) is 5.62. The molecule has 178 valence electrons. The number of ether oxygens (including phenoxy) is 6. The lowest BCUT2D eigenvalue weighted by Crippen LogP contribution is -2.61. The molecule has 0 unspecified atom stereocenters. The summed E-state index contributed by atoms with van der Waals surface area (Å²) in [4.78, 5) is 47.0. The van der Waals surface area contributed by atoms with E-state index in [9.17, 15) is 19.2 Å². The number of rotatable bonds is 6. The Morgan fingerprint density at radius 3 is 1.88 bits per heavy atom. The second-order valence-corrected chi connectivity index (χ2v) is 8.58. The number of hydrogen-bond donors (Lipinski definition) is 0. The van der Waals surface area contributed by atoms with Crippen LogP contribution in [0.15, 0.2) is 11.1 Å². The zero-order valence-electron chi connectivity index (χ0n) is 18.4. The van der Waals surface area contributed by atoms with Gasteiger partial charge in [0.2, 0.25) is 0 Å². The first-order valence-electron chi connectivity index (χ1n) is 10.3. The van der Waals surface area contributed by atoms with Crippen molar-refractivity contribution in [2.45, 2.75) is 89.9 Å². The number of hydrogen-bond acceptors (Lipinski definition) is 10. The molecule has 11 heteroatoms. The van der Waals surface area contributed by atoms with E-state index in [1.807, 2.05) is 0 Å². The number of esters is 4. The molecule has 0 saturated carbocycles. The van der Waals surface area contributed by atoms with Gasteiger partial charge in [-0.15, -0.1) is 0 Å². The van der Waals surface area contributed by atoms with E-state index in [0.717, 1.165) is 0 Å². The lowest BCUT2D eigenvalue weighted by molar-refractivity contribution is -0.247. The van der Waals surface area contributed by atoms with Crippen molar-refractivity contribution in [2.75, 3.05) is 0 Å². The fourth-order valence-corrected chi connectivity index (χ4v) is 4.87. The van der Waals surface area contributed by atoms with Crippen LogP contribution < -0.4 is 0 Å². The minimum Gasteiger partial charge on any atom is -0.459 e. The summed E-state index contributed by atoms with van der Waals surface area (Å²) in [5.74, 6) is -2.68. The van der Waals surface area contributed by atoms with Crippen LogP contribution >= 0.6 is 11.6 Å². The van der Waals surface area contributed by atoms with E-state index in [0.29, 0.717) is 5.03 Å². The van der Waals surface area contributed by atoms with Crippen LogP contribution in [0.25, 0.3) is 0 Å². The molecule has 0 aromatic carbocycles. The van der Waals surface area contributed by atoms with Crippen LogP contribution in [-0.2, 0) is 47.6 Å². The highest BCUT2D eigenvalue weighted by molar-refractivity contribution is 6.30. The number of fused-ring (bicyclic) bond motifs is 2. The zero-order valence-corrected chi connectivity index (χ0v) is 19.2. The van der Waals surface area contributed by atoms with E-state index in [-0.39, 0.29) is 12.3 Å². The summed E-state index contributed by atoms with van der Waals surface area (Å²) < 4.78 is 33.6. The van der Waals surface area contributed by atoms with Crippen LogP contribution in [0.1, 0.15) is 41.0 Å². The van der Waals surface area contributed by atoms with E-state index >= 15 is 0 Å². The second kappa shape index (κ2) is 9.76. The van der Waals surface area contributed by atoms with E-state index in [1.54, 1.807) is 13.0 Å². The van der Waals surface area contributed by atoms with Crippen LogP contribution in [-0.4, -0.2) is 72.7 Å². The molecule has 0 aliphatic carbocycles. The first-order valence-corrected chi connectivity index (χ1v) is 10.7. The van der Waals surface area contributed by atoms with Gasteiger partial charge in [-0.2, -0.15) is 0 Å². The maximum absolute atomic E-state index is 11.9. The molecule has 32 heavy (non-hydrogen) atoms. The number of carbonyl (C=O) groups is 4.